The molecule has 0 N–H and O–H groups in total. The molecule has 0 bridgehead atoms. The average Bonchev–Trinajstić information content (AvgIpc) is 4.27. The molecule has 380 valence electrons. The molecule has 4 heterocycles. The number of Topliss-reactive ketones (excluding diaryl/α,β-unsaturated/α-hetero) is 1. The van der Waals surface area contributed by atoms with E-state index in [1.165, 1.54) is 6.42 Å². The number of ether oxygens (including phenoxy) is 13. The van der Waals surface area contributed by atoms with E-state index in [1.54, 1.807) is 28.4 Å². The van der Waals surface area contributed by atoms with Crippen LogP contribution < -0.4 is 47.4 Å². The summed E-state index contributed by atoms with van der Waals surface area (Å²) in [5.74, 6) is 5.68. The van der Waals surface area contributed by atoms with Gasteiger partial charge in [-0.25, -0.2) is 4.79 Å². The fraction of sp³-hybridized carbons (Fsp3) is 0.414. The third-order valence-corrected chi connectivity index (χ3v) is 15.2. The fourth-order valence-electron chi connectivity index (χ4n) is 11.8. The van der Waals surface area contributed by atoms with Gasteiger partial charge in [-0.1, -0.05) is 18.6 Å². The summed E-state index contributed by atoms with van der Waals surface area (Å²) in [5.41, 5.74) is 6.30. The zero-order valence-corrected chi connectivity index (χ0v) is 41.9. The second kappa shape index (κ2) is 18.7. The van der Waals surface area contributed by atoms with Crippen molar-refractivity contribution in [3.05, 3.63) is 82.9 Å². The highest BCUT2D eigenvalue weighted by Gasteiger charge is 2.46. The van der Waals surface area contributed by atoms with Crippen molar-refractivity contribution in [2.24, 2.45) is 0 Å². The Bertz CT molecular complexity index is 3210. The van der Waals surface area contributed by atoms with Crippen LogP contribution in [0.2, 0.25) is 0 Å². The number of cyclic esters (lactones) is 1. The lowest BCUT2D eigenvalue weighted by Crippen LogP contribution is -2.36. The van der Waals surface area contributed by atoms with Crippen LogP contribution in [-0.4, -0.2) is 84.0 Å². The summed E-state index contributed by atoms with van der Waals surface area (Å²) < 4.78 is 76.2. The van der Waals surface area contributed by atoms with Gasteiger partial charge < -0.3 is 61.6 Å². The molecule has 4 aliphatic heterocycles. The molecule has 6 aromatic carbocycles. The predicted octanol–water partition coefficient (Wildman–Crippen LogP) is 11.5. The first-order chi connectivity index (χ1) is 35.5. The first-order valence-corrected chi connectivity index (χ1v) is 25.2. The second-order valence-corrected chi connectivity index (χ2v) is 19.9. The molecule has 0 spiro atoms. The SMILES string of the molecule is COc1cc2c(OC3CCC4OC(C)(C)OC4C3)c3c(c(-c4ccc5c(c4)OCO5)c2cc1OC)C(=O)CC3.COc1cc2c(OC3CCCCC3)c3c(c(-c4ccc5c(c4)OCO5)c2cc1OC)C(=O)OC3. The lowest BCUT2D eigenvalue weighted by atomic mass is 9.88. The van der Waals surface area contributed by atoms with E-state index in [9.17, 15) is 9.59 Å². The topological polar surface area (TPSA) is 154 Å². The van der Waals surface area contributed by atoms with Crippen molar-refractivity contribution in [2.45, 2.75) is 115 Å². The van der Waals surface area contributed by atoms with Gasteiger partial charge in [0.2, 0.25) is 13.6 Å². The molecule has 0 amide bonds. The highest BCUT2D eigenvalue weighted by atomic mass is 16.8. The van der Waals surface area contributed by atoms with E-state index < -0.39 is 5.79 Å². The van der Waals surface area contributed by atoms with Crippen LogP contribution in [0.5, 0.6) is 57.5 Å². The number of benzene rings is 6. The molecular weight excluding hydrogens is 937 g/mol. The second-order valence-electron chi connectivity index (χ2n) is 19.9. The number of rotatable bonds is 10. The molecule has 15 nitrogen and oxygen atoms in total. The van der Waals surface area contributed by atoms with Crippen LogP contribution in [0, 0.1) is 0 Å². The standard InChI is InChI=1S/C31H32O8.C27H26O7/c1-31(2)38-23-10-6-17(12-27(23)39-31)37-30-18-7-8-21(32)29(18)28(16-5-9-22-26(11-16)36-15-35-22)19-13-24(33-3)25(34-4)14-20(19)30;1-29-21-11-17-18(12-22(21)30-2)26(34-16-6-4-3-5-7-16)19-13-31-27(28)25(19)24(17)15-8-9-20-23(10-15)33-14-32-20/h5,9,11,13-14,17,23,27H,6-8,10,12,15H2,1-4H3;8-12,16H,3-7,13-14H2,1-2H3. The number of methoxy groups -OCH3 is 4. The Hall–Kier alpha value is -7.10. The van der Waals surface area contributed by atoms with Crippen molar-refractivity contribution in [1.29, 1.82) is 0 Å². The van der Waals surface area contributed by atoms with Gasteiger partial charge in [0, 0.05) is 51.4 Å². The molecular formula is C58H58O15. The van der Waals surface area contributed by atoms with Gasteiger partial charge in [-0.2, -0.15) is 0 Å². The Labute approximate surface area is 422 Å². The quantitative estimate of drug-likeness (QED) is 0.119. The maximum atomic E-state index is 13.5. The average molecular weight is 995 g/mol. The zero-order chi connectivity index (χ0) is 50.1. The molecule has 15 heteroatoms. The summed E-state index contributed by atoms with van der Waals surface area (Å²) in [6.07, 6.45) is 9.16. The van der Waals surface area contributed by atoms with Gasteiger partial charge >= 0.3 is 5.97 Å². The lowest BCUT2D eigenvalue weighted by molar-refractivity contribution is -0.146. The number of carbonyl (C=O) groups excluding carboxylic acids is 2. The zero-order valence-electron chi connectivity index (χ0n) is 41.9. The van der Waals surface area contributed by atoms with Gasteiger partial charge in [0.25, 0.3) is 0 Å². The number of carbonyl (C=O) groups is 2. The van der Waals surface area contributed by atoms with Gasteiger partial charge in [0.1, 0.15) is 24.2 Å². The summed E-state index contributed by atoms with van der Waals surface area (Å²) in [5, 5.41) is 3.46. The van der Waals surface area contributed by atoms with Gasteiger partial charge in [0.05, 0.1) is 52.3 Å². The summed E-state index contributed by atoms with van der Waals surface area (Å²) in [7, 11) is 6.46. The molecule has 73 heavy (non-hydrogen) atoms. The van der Waals surface area contributed by atoms with Crippen molar-refractivity contribution in [2.75, 3.05) is 42.0 Å². The Morgan fingerprint density at radius 2 is 1.01 bits per heavy atom. The van der Waals surface area contributed by atoms with Crippen LogP contribution in [0.15, 0.2) is 60.7 Å². The fourth-order valence-corrected chi connectivity index (χ4v) is 11.8. The molecule has 0 radical (unpaired) electrons. The molecule has 6 aromatic rings. The van der Waals surface area contributed by atoms with E-state index in [1.807, 2.05) is 74.5 Å². The normalized spacial score (nSPS) is 21.0. The summed E-state index contributed by atoms with van der Waals surface area (Å²) in [4.78, 5) is 26.5. The third-order valence-electron chi connectivity index (χ3n) is 15.2. The first-order valence-electron chi connectivity index (χ1n) is 25.2. The largest absolute Gasteiger partial charge is 0.493 e. The van der Waals surface area contributed by atoms with E-state index in [2.05, 4.69) is 0 Å². The minimum absolute atomic E-state index is 0.0118. The Kier molecular flexibility index (Phi) is 12.1. The highest BCUT2D eigenvalue weighted by molar-refractivity contribution is 6.17. The van der Waals surface area contributed by atoms with Crippen molar-refractivity contribution in [1.82, 2.24) is 0 Å². The van der Waals surface area contributed by atoms with Crippen LogP contribution in [0.4, 0.5) is 0 Å². The smallest absolute Gasteiger partial charge is 0.339 e. The monoisotopic (exact) mass is 994 g/mol. The maximum absolute atomic E-state index is 13.5. The van der Waals surface area contributed by atoms with Crippen molar-refractivity contribution in [3.8, 4) is 79.7 Å². The van der Waals surface area contributed by atoms with Gasteiger partial charge in [-0.3, -0.25) is 4.79 Å². The maximum Gasteiger partial charge on any atom is 0.339 e. The van der Waals surface area contributed by atoms with Gasteiger partial charge in [-0.15, -0.1) is 0 Å². The van der Waals surface area contributed by atoms with E-state index in [0.717, 1.165) is 106 Å². The molecule has 2 saturated carbocycles. The van der Waals surface area contributed by atoms with Crippen molar-refractivity contribution < 1.29 is 71.2 Å². The van der Waals surface area contributed by atoms with Crippen molar-refractivity contribution in [3.63, 3.8) is 0 Å². The van der Waals surface area contributed by atoms with Gasteiger partial charge in [-0.05, 0) is 129 Å². The first kappa shape index (κ1) is 46.9. The molecule has 0 aromatic heterocycles. The van der Waals surface area contributed by atoms with Gasteiger partial charge in [0.15, 0.2) is 57.6 Å². The number of ketones is 1. The molecule has 3 aliphatic carbocycles. The van der Waals surface area contributed by atoms with E-state index in [4.69, 9.17) is 61.6 Å². The summed E-state index contributed by atoms with van der Waals surface area (Å²) in [6, 6.07) is 19.3. The predicted molar refractivity (Wildman–Crippen MR) is 269 cm³/mol. The minimum atomic E-state index is -0.583. The molecule has 3 fully saturated rings. The Morgan fingerprint density at radius 1 is 0.493 bits per heavy atom. The van der Waals surface area contributed by atoms with E-state index >= 15 is 0 Å². The Morgan fingerprint density at radius 3 is 1.60 bits per heavy atom. The molecule has 13 rings (SSSR count). The summed E-state index contributed by atoms with van der Waals surface area (Å²) >= 11 is 0. The minimum Gasteiger partial charge on any atom is -0.493 e. The van der Waals surface area contributed by atoms with Crippen LogP contribution in [0.1, 0.15) is 103 Å². The van der Waals surface area contributed by atoms with Crippen molar-refractivity contribution >= 4 is 33.3 Å². The van der Waals surface area contributed by atoms with Crippen LogP contribution in [-0.2, 0) is 27.2 Å². The Balaban J connectivity index is 0.000000150. The molecule has 3 atom stereocenters. The number of hydrogen-bond donors (Lipinski definition) is 0. The van der Waals surface area contributed by atoms with E-state index in [0.29, 0.717) is 75.7 Å². The van der Waals surface area contributed by atoms with E-state index in [-0.39, 0.29) is 56.4 Å². The number of esters is 1. The van der Waals surface area contributed by atoms with Crippen LogP contribution in [0.3, 0.4) is 0 Å². The number of fused-ring (bicyclic) bond motifs is 7. The molecule has 3 unspecified atom stereocenters. The third kappa shape index (κ3) is 8.30. The van der Waals surface area contributed by atoms with Crippen LogP contribution in [0.25, 0.3) is 43.8 Å². The number of hydrogen-bond acceptors (Lipinski definition) is 15. The van der Waals surface area contributed by atoms with Crippen LogP contribution >= 0.6 is 0 Å². The lowest BCUT2D eigenvalue weighted by Gasteiger charge is -2.31. The highest BCUT2D eigenvalue weighted by Crippen LogP contribution is 2.53. The summed E-state index contributed by atoms with van der Waals surface area (Å²) in [6.45, 7) is 4.46. The molecule has 1 saturated heterocycles. The molecule has 7 aliphatic rings.